The van der Waals surface area contributed by atoms with Gasteiger partial charge in [-0.15, -0.1) is 0 Å². The fourth-order valence-corrected chi connectivity index (χ4v) is 4.04. The van der Waals surface area contributed by atoms with Crippen LogP contribution in [-0.4, -0.2) is 57.4 Å². The number of ether oxygens (including phenoxy) is 2. The maximum atomic E-state index is 12.9. The number of Topliss-reactive ketones (excluding diaryl/α,β-unsaturated/α-hetero) is 1. The van der Waals surface area contributed by atoms with Crippen LogP contribution in [0.4, 0.5) is 4.39 Å². The maximum Gasteiger partial charge on any atom is 0.338 e. The molecule has 28 heavy (non-hydrogen) atoms. The van der Waals surface area contributed by atoms with Gasteiger partial charge in [0.2, 0.25) is 10.0 Å². The normalized spacial score (nSPS) is 15.2. The van der Waals surface area contributed by atoms with Crippen molar-refractivity contribution in [2.45, 2.75) is 4.90 Å². The van der Waals surface area contributed by atoms with Crippen LogP contribution in [-0.2, 0) is 19.5 Å². The second-order valence-corrected chi connectivity index (χ2v) is 7.98. The molecule has 7 nitrogen and oxygen atoms in total. The minimum absolute atomic E-state index is 0.0633. The Hall–Kier alpha value is -2.62. The van der Waals surface area contributed by atoms with Crippen LogP contribution in [0.15, 0.2) is 53.4 Å². The van der Waals surface area contributed by atoms with E-state index in [4.69, 9.17) is 9.47 Å². The molecule has 1 heterocycles. The van der Waals surface area contributed by atoms with Gasteiger partial charge in [0.1, 0.15) is 5.82 Å². The first-order valence-corrected chi connectivity index (χ1v) is 9.96. The highest BCUT2D eigenvalue weighted by Crippen LogP contribution is 2.18. The summed E-state index contributed by atoms with van der Waals surface area (Å²) in [6.07, 6.45) is 0. The lowest BCUT2D eigenvalue weighted by Crippen LogP contribution is -2.40. The lowest BCUT2D eigenvalue weighted by molar-refractivity contribution is 0.0474. The van der Waals surface area contributed by atoms with Crippen molar-refractivity contribution in [1.29, 1.82) is 0 Å². The Labute approximate surface area is 161 Å². The van der Waals surface area contributed by atoms with Crippen LogP contribution in [0.2, 0.25) is 0 Å². The molecule has 1 aliphatic rings. The summed E-state index contributed by atoms with van der Waals surface area (Å²) in [7, 11) is -3.65. The predicted molar refractivity (Wildman–Crippen MR) is 97.0 cm³/mol. The molecule has 0 atom stereocenters. The number of hydrogen-bond donors (Lipinski definition) is 0. The Balaban J connectivity index is 1.62. The third-order valence-corrected chi connectivity index (χ3v) is 6.11. The number of benzene rings is 2. The molecule has 0 saturated carbocycles. The SMILES string of the molecule is O=C(COC(=O)c1ccc(S(=O)(=O)N2CCOCC2)cc1)c1ccc(F)cc1. The van der Waals surface area contributed by atoms with Crippen molar-refractivity contribution in [1.82, 2.24) is 4.31 Å². The first kappa shape index (κ1) is 20.1. The smallest absolute Gasteiger partial charge is 0.338 e. The Bertz CT molecular complexity index is 951. The van der Waals surface area contributed by atoms with Gasteiger partial charge in [-0.1, -0.05) is 0 Å². The third kappa shape index (κ3) is 4.61. The quantitative estimate of drug-likeness (QED) is 0.537. The Morgan fingerprint density at radius 2 is 1.54 bits per heavy atom. The summed E-state index contributed by atoms with van der Waals surface area (Å²) in [5.41, 5.74) is 0.342. The number of sulfonamides is 1. The van der Waals surface area contributed by atoms with E-state index in [0.29, 0.717) is 13.2 Å². The number of hydrogen-bond acceptors (Lipinski definition) is 6. The number of rotatable bonds is 6. The summed E-state index contributed by atoms with van der Waals surface area (Å²) >= 11 is 0. The van der Waals surface area contributed by atoms with E-state index >= 15 is 0 Å². The van der Waals surface area contributed by atoms with Crippen LogP contribution in [0.5, 0.6) is 0 Å². The molecule has 0 radical (unpaired) electrons. The summed E-state index contributed by atoms with van der Waals surface area (Å²) in [5.74, 6) is -1.70. The molecule has 0 aliphatic carbocycles. The van der Waals surface area contributed by atoms with E-state index in [1.807, 2.05) is 0 Å². The van der Waals surface area contributed by atoms with Crippen LogP contribution >= 0.6 is 0 Å². The standard InChI is InChI=1S/C19H18FNO6S/c20-16-5-1-14(2-6-16)18(22)13-27-19(23)15-3-7-17(8-4-15)28(24,25)21-9-11-26-12-10-21/h1-8H,9-13H2. The van der Waals surface area contributed by atoms with Crippen molar-refractivity contribution in [3.05, 3.63) is 65.5 Å². The second-order valence-electron chi connectivity index (χ2n) is 6.05. The van der Waals surface area contributed by atoms with E-state index in [0.717, 1.165) is 12.1 Å². The van der Waals surface area contributed by atoms with E-state index < -0.39 is 34.2 Å². The van der Waals surface area contributed by atoms with Crippen molar-refractivity contribution in [2.75, 3.05) is 32.9 Å². The summed E-state index contributed by atoms with van der Waals surface area (Å²) in [6, 6.07) is 10.2. The van der Waals surface area contributed by atoms with Crippen molar-refractivity contribution in [3.63, 3.8) is 0 Å². The van der Waals surface area contributed by atoms with Crippen LogP contribution in [0.25, 0.3) is 0 Å². The summed E-state index contributed by atoms with van der Waals surface area (Å²) in [4.78, 5) is 24.1. The minimum Gasteiger partial charge on any atom is -0.454 e. The van der Waals surface area contributed by atoms with Gasteiger partial charge in [-0.2, -0.15) is 4.31 Å². The maximum absolute atomic E-state index is 12.9. The zero-order valence-corrected chi connectivity index (χ0v) is 15.7. The fourth-order valence-electron chi connectivity index (χ4n) is 2.63. The van der Waals surface area contributed by atoms with Gasteiger partial charge in [0, 0.05) is 18.7 Å². The molecule has 0 spiro atoms. The largest absolute Gasteiger partial charge is 0.454 e. The Morgan fingerprint density at radius 3 is 2.14 bits per heavy atom. The molecule has 2 aromatic carbocycles. The van der Waals surface area contributed by atoms with E-state index in [1.54, 1.807) is 0 Å². The molecule has 1 aliphatic heterocycles. The van der Waals surface area contributed by atoms with Gasteiger partial charge in [0.15, 0.2) is 12.4 Å². The number of ketones is 1. The van der Waals surface area contributed by atoms with Gasteiger partial charge in [-0.3, -0.25) is 4.79 Å². The van der Waals surface area contributed by atoms with Crippen molar-refractivity contribution in [3.8, 4) is 0 Å². The summed E-state index contributed by atoms with van der Waals surface area (Å²) in [6.45, 7) is 0.727. The molecule has 0 aromatic heterocycles. The molecule has 0 unspecified atom stereocenters. The lowest BCUT2D eigenvalue weighted by atomic mass is 10.1. The number of halogens is 1. The van der Waals surface area contributed by atoms with Crippen molar-refractivity contribution in [2.24, 2.45) is 0 Å². The molecule has 3 rings (SSSR count). The molecule has 0 bridgehead atoms. The highest BCUT2D eigenvalue weighted by atomic mass is 32.2. The van der Waals surface area contributed by atoms with Gasteiger partial charge in [0.25, 0.3) is 0 Å². The van der Waals surface area contributed by atoms with Crippen LogP contribution in [0.3, 0.4) is 0 Å². The van der Waals surface area contributed by atoms with Gasteiger partial charge in [-0.05, 0) is 48.5 Å². The number of nitrogens with zero attached hydrogens (tertiary/aromatic N) is 1. The topological polar surface area (TPSA) is 90.0 Å². The average molecular weight is 407 g/mol. The summed E-state index contributed by atoms with van der Waals surface area (Å²) < 4.78 is 49.4. The number of carbonyl (C=O) groups is 2. The molecule has 1 fully saturated rings. The van der Waals surface area contributed by atoms with Crippen LogP contribution < -0.4 is 0 Å². The molecule has 148 valence electrons. The molecule has 0 amide bonds. The first-order chi connectivity index (χ1) is 13.4. The fraction of sp³-hybridized carbons (Fsp3) is 0.263. The van der Waals surface area contributed by atoms with E-state index in [2.05, 4.69) is 0 Å². The molecular weight excluding hydrogens is 389 g/mol. The molecule has 1 saturated heterocycles. The van der Waals surface area contributed by atoms with E-state index in [9.17, 15) is 22.4 Å². The third-order valence-electron chi connectivity index (χ3n) is 4.20. The number of carbonyl (C=O) groups excluding carboxylic acids is 2. The van der Waals surface area contributed by atoms with Crippen molar-refractivity contribution >= 4 is 21.8 Å². The number of esters is 1. The average Bonchev–Trinajstić information content (AvgIpc) is 2.73. The van der Waals surface area contributed by atoms with E-state index in [-0.39, 0.29) is 29.1 Å². The first-order valence-electron chi connectivity index (χ1n) is 8.52. The van der Waals surface area contributed by atoms with Gasteiger partial charge < -0.3 is 9.47 Å². The zero-order chi connectivity index (χ0) is 20.1. The van der Waals surface area contributed by atoms with E-state index in [1.165, 1.54) is 40.7 Å². The summed E-state index contributed by atoms with van der Waals surface area (Å²) in [5, 5.41) is 0. The molecule has 9 heteroatoms. The van der Waals surface area contributed by atoms with Crippen molar-refractivity contribution < 1.29 is 31.9 Å². The van der Waals surface area contributed by atoms with Crippen LogP contribution in [0.1, 0.15) is 20.7 Å². The van der Waals surface area contributed by atoms with Gasteiger partial charge in [0.05, 0.1) is 23.7 Å². The van der Waals surface area contributed by atoms with Gasteiger partial charge in [-0.25, -0.2) is 17.6 Å². The number of morpholine rings is 1. The highest BCUT2D eigenvalue weighted by Gasteiger charge is 2.26. The molecular formula is C19H18FNO6S. The molecule has 0 N–H and O–H groups in total. The predicted octanol–water partition coefficient (Wildman–Crippen LogP) is 1.89. The Morgan fingerprint density at radius 1 is 0.964 bits per heavy atom. The Kier molecular flexibility index (Phi) is 6.18. The monoisotopic (exact) mass is 407 g/mol. The zero-order valence-electron chi connectivity index (χ0n) is 14.8. The minimum atomic E-state index is -3.65. The highest BCUT2D eigenvalue weighted by molar-refractivity contribution is 7.89. The van der Waals surface area contributed by atoms with Gasteiger partial charge >= 0.3 is 5.97 Å². The van der Waals surface area contributed by atoms with Crippen LogP contribution in [0, 0.1) is 5.82 Å². The lowest BCUT2D eigenvalue weighted by Gasteiger charge is -2.26. The molecule has 2 aromatic rings. The second kappa shape index (κ2) is 8.59.